The number of likely N-dealkylation sites (N-methyl/N-ethyl adjacent to an activating group) is 1. The molecule has 0 N–H and O–H groups in total. The summed E-state index contributed by atoms with van der Waals surface area (Å²) in [6.45, 7) is 2.50. The van der Waals surface area contributed by atoms with E-state index in [9.17, 15) is 0 Å². The molecule has 1 aromatic heterocycles. The quantitative estimate of drug-likeness (QED) is 0.868. The number of ether oxygens (including phenoxy) is 2. The highest BCUT2D eigenvalue weighted by Crippen LogP contribution is 2.29. The molecule has 1 aromatic carbocycles. The largest absolute Gasteiger partial charge is 0.493 e. The van der Waals surface area contributed by atoms with Gasteiger partial charge in [0.25, 0.3) is 0 Å². The van der Waals surface area contributed by atoms with E-state index in [2.05, 4.69) is 15.0 Å². The number of aliphatic imine (C=N–C) groups is 1. The van der Waals surface area contributed by atoms with E-state index >= 15 is 0 Å². The Kier molecular flexibility index (Phi) is 4.23. The second-order valence-electron chi connectivity index (χ2n) is 5.13. The van der Waals surface area contributed by atoms with Crippen LogP contribution in [0.5, 0.6) is 11.5 Å². The molecule has 3 rings (SSSR count). The monoisotopic (exact) mass is 310 g/mol. The van der Waals surface area contributed by atoms with E-state index in [1.165, 1.54) is 0 Å². The normalized spacial score (nSPS) is 14.6. The van der Waals surface area contributed by atoms with Crippen molar-refractivity contribution in [2.24, 2.45) is 4.99 Å². The molecule has 23 heavy (non-hydrogen) atoms. The van der Waals surface area contributed by atoms with E-state index in [4.69, 9.17) is 9.47 Å². The maximum absolute atomic E-state index is 6.01. The molecule has 0 atom stereocenters. The Hall–Kier alpha value is -2.89. The molecule has 6 heteroatoms. The van der Waals surface area contributed by atoms with Crippen molar-refractivity contribution >= 4 is 5.84 Å². The number of hydrogen-bond acceptors (Lipinski definition) is 6. The van der Waals surface area contributed by atoms with Crippen molar-refractivity contribution in [3.63, 3.8) is 0 Å². The van der Waals surface area contributed by atoms with E-state index in [1.807, 2.05) is 43.1 Å². The van der Waals surface area contributed by atoms with Crippen LogP contribution in [-0.2, 0) is 0 Å². The highest BCUT2D eigenvalue weighted by Gasteiger charge is 2.22. The molecule has 1 aliphatic rings. The molecule has 0 amide bonds. The number of allylic oxidation sites excluding steroid dienone is 1. The van der Waals surface area contributed by atoms with Crippen LogP contribution in [0.15, 0.2) is 59.2 Å². The minimum Gasteiger partial charge on any atom is -0.493 e. The summed E-state index contributed by atoms with van der Waals surface area (Å²) in [5, 5.41) is 0. The van der Waals surface area contributed by atoms with Crippen molar-refractivity contribution in [3.05, 3.63) is 60.0 Å². The van der Waals surface area contributed by atoms with Gasteiger partial charge in [-0.3, -0.25) is 0 Å². The van der Waals surface area contributed by atoms with Crippen LogP contribution >= 0.6 is 0 Å². The number of nitrogens with zero attached hydrogens (tertiary/aromatic N) is 4. The molecule has 0 saturated heterocycles. The molecule has 0 bridgehead atoms. The second kappa shape index (κ2) is 6.48. The molecule has 0 radical (unpaired) electrons. The van der Waals surface area contributed by atoms with Gasteiger partial charge in [-0.2, -0.15) is 0 Å². The number of methoxy groups -OCH3 is 1. The van der Waals surface area contributed by atoms with E-state index in [-0.39, 0.29) is 0 Å². The number of amidine groups is 1. The van der Waals surface area contributed by atoms with Crippen LogP contribution in [0.1, 0.15) is 12.7 Å². The van der Waals surface area contributed by atoms with Gasteiger partial charge in [-0.25, -0.2) is 15.0 Å². The standard InChI is InChI=1S/C17H18N4O2/c1-12-15(23-14-8-5-4-7-13(14)22-3)11-21(2)17(20-12)16-18-9-6-10-19-16/h4-10H,11H2,1-3H3. The Morgan fingerprint density at radius 2 is 1.74 bits per heavy atom. The predicted molar refractivity (Wildman–Crippen MR) is 87.5 cm³/mol. The smallest absolute Gasteiger partial charge is 0.195 e. The van der Waals surface area contributed by atoms with Gasteiger partial charge in [0.05, 0.1) is 19.4 Å². The predicted octanol–water partition coefficient (Wildman–Crippen LogP) is 2.49. The Labute approximate surface area is 135 Å². The van der Waals surface area contributed by atoms with Crippen molar-refractivity contribution in [1.82, 2.24) is 14.9 Å². The molecule has 0 fully saturated rings. The van der Waals surface area contributed by atoms with Crippen molar-refractivity contribution in [1.29, 1.82) is 0 Å². The molecule has 0 unspecified atom stereocenters. The lowest BCUT2D eigenvalue weighted by Gasteiger charge is -2.27. The fourth-order valence-electron chi connectivity index (χ4n) is 2.29. The fourth-order valence-corrected chi connectivity index (χ4v) is 2.29. The maximum atomic E-state index is 6.01. The van der Waals surface area contributed by atoms with Crippen LogP contribution in [0.2, 0.25) is 0 Å². The first-order valence-electron chi connectivity index (χ1n) is 7.27. The SMILES string of the molecule is COc1ccccc1OC1=C(C)N=C(c2ncccn2)N(C)C1. The molecule has 2 heterocycles. The van der Waals surface area contributed by atoms with Crippen molar-refractivity contribution in [2.75, 3.05) is 20.7 Å². The molecule has 6 nitrogen and oxygen atoms in total. The average Bonchev–Trinajstić information content (AvgIpc) is 2.59. The highest BCUT2D eigenvalue weighted by atomic mass is 16.5. The summed E-state index contributed by atoms with van der Waals surface area (Å²) >= 11 is 0. The van der Waals surface area contributed by atoms with Gasteiger partial charge >= 0.3 is 0 Å². The average molecular weight is 310 g/mol. The number of para-hydroxylation sites is 2. The Morgan fingerprint density at radius 1 is 1.04 bits per heavy atom. The van der Waals surface area contributed by atoms with Gasteiger partial charge in [-0.05, 0) is 25.1 Å². The molecule has 1 aliphatic heterocycles. The molecule has 118 valence electrons. The highest BCUT2D eigenvalue weighted by molar-refractivity contribution is 5.96. The minimum atomic E-state index is 0.584. The van der Waals surface area contributed by atoms with E-state index < -0.39 is 0 Å². The van der Waals surface area contributed by atoms with Gasteiger partial charge in [-0.1, -0.05) is 12.1 Å². The van der Waals surface area contributed by atoms with Crippen LogP contribution < -0.4 is 9.47 Å². The summed E-state index contributed by atoms with van der Waals surface area (Å²) in [5.74, 6) is 3.47. The topological polar surface area (TPSA) is 59.8 Å². The first kappa shape index (κ1) is 15.0. The maximum Gasteiger partial charge on any atom is 0.195 e. The van der Waals surface area contributed by atoms with Crippen LogP contribution in [0.4, 0.5) is 0 Å². The van der Waals surface area contributed by atoms with Gasteiger partial charge in [0.1, 0.15) is 5.76 Å². The van der Waals surface area contributed by atoms with Gasteiger partial charge in [0.2, 0.25) is 0 Å². The number of aromatic nitrogens is 2. The second-order valence-corrected chi connectivity index (χ2v) is 5.13. The molecular weight excluding hydrogens is 292 g/mol. The first-order valence-corrected chi connectivity index (χ1v) is 7.27. The zero-order valence-electron chi connectivity index (χ0n) is 13.4. The van der Waals surface area contributed by atoms with E-state index in [0.717, 1.165) is 17.3 Å². The van der Waals surface area contributed by atoms with Crippen molar-refractivity contribution in [2.45, 2.75) is 6.92 Å². The third kappa shape index (κ3) is 3.15. The Balaban J connectivity index is 1.91. The third-order valence-corrected chi connectivity index (χ3v) is 3.49. The van der Waals surface area contributed by atoms with Gasteiger partial charge < -0.3 is 14.4 Å². The van der Waals surface area contributed by atoms with Crippen molar-refractivity contribution < 1.29 is 9.47 Å². The molecule has 0 saturated carbocycles. The molecular formula is C17H18N4O2. The van der Waals surface area contributed by atoms with Crippen LogP contribution in [0.25, 0.3) is 0 Å². The number of benzene rings is 1. The first-order chi connectivity index (χ1) is 11.2. The molecule has 0 aliphatic carbocycles. The van der Waals surface area contributed by atoms with Gasteiger partial charge in [0.15, 0.2) is 23.2 Å². The zero-order chi connectivity index (χ0) is 16.2. The van der Waals surface area contributed by atoms with Gasteiger partial charge in [0, 0.05) is 19.4 Å². The lowest BCUT2D eigenvalue weighted by molar-refractivity contribution is 0.328. The Bertz CT molecular complexity index is 756. The fraction of sp³-hybridized carbons (Fsp3) is 0.235. The summed E-state index contributed by atoms with van der Waals surface area (Å²) in [7, 11) is 3.56. The summed E-state index contributed by atoms with van der Waals surface area (Å²) < 4.78 is 11.3. The van der Waals surface area contributed by atoms with Crippen LogP contribution in [0.3, 0.4) is 0 Å². The summed E-state index contributed by atoms with van der Waals surface area (Å²) in [6, 6.07) is 9.34. The van der Waals surface area contributed by atoms with Gasteiger partial charge in [-0.15, -0.1) is 0 Å². The van der Waals surface area contributed by atoms with Crippen LogP contribution in [-0.4, -0.2) is 41.4 Å². The summed E-state index contributed by atoms with van der Waals surface area (Å²) in [4.78, 5) is 15.1. The Morgan fingerprint density at radius 3 is 2.43 bits per heavy atom. The summed E-state index contributed by atoms with van der Waals surface area (Å²) in [5.41, 5.74) is 0.802. The number of rotatable bonds is 4. The molecule has 0 spiro atoms. The van der Waals surface area contributed by atoms with Crippen molar-refractivity contribution in [3.8, 4) is 11.5 Å². The molecule has 2 aromatic rings. The number of hydrogen-bond donors (Lipinski definition) is 0. The van der Waals surface area contributed by atoms with E-state index in [1.54, 1.807) is 25.6 Å². The third-order valence-electron chi connectivity index (χ3n) is 3.49. The summed E-state index contributed by atoms with van der Waals surface area (Å²) in [6.07, 6.45) is 3.41. The van der Waals surface area contributed by atoms with E-state index in [0.29, 0.717) is 23.9 Å². The zero-order valence-corrected chi connectivity index (χ0v) is 13.4. The minimum absolute atomic E-state index is 0.584. The van der Waals surface area contributed by atoms with Crippen LogP contribution in [0, 0.1) is 0 Å². The lowest BCUT2D eigenvalue weighted by atomic mass is 10.2. The lowest BCUT2D eigenvalue weighted by Crippen LogP contribution is -2.35.